The smallest absolute Gasteiger partial charge is 0.326 e. The molecule has 1 aromatic carbocycles. The zero-order valence-electron chi connectivity index (χ0n) is 12.6. The van der Waals surface area contributed by atoms with Crippen molar-refractivity contribution in [1.82, 2.24) is 10.6 Å². The van der Waals surface area contributed by atoms with Gasteiger partial charge in [-0.2, -0.15) is 0 Å². The van der Waals surface area contributed by atoms with Gasteiger partial charge < -0.3 is 15.7 Å². The molecule has 21 heavy (non-hydrogen) atoms. The highest BCUT2D eigenvalue weighted by Gasteiger charge is 2.19. The van der Waals surface area contributed by atoms with E-state index >= 15 is 0 Å². The number of benzene rings is 1. The topological polar surface area (TPSA) is 78.4 Å². The minimum Gasteiger partial charge on any atom is -0.480 e. The lowest BCUT2D eigenvalue weighted by Gasteiger charge is -2.16. The summed E-state index contributed by atoms with van der Waals surface area (Å²) in [6.45, 7) is 4.15. The third-order valence-corrected chi connectivity index (χ3v) is 3.42. The first-order valence-electron chi connectivity index (χ1n) is 7.32. The minimum atomic E-state index is -0.997. The van der Waals surface area contributed by atoms with Crippen LogP contribution in [0, 0.1) is 0 Å². The quantitative estimate of drug-likeness (QED) is 0.645. The van der Waals surface area contributed by atoms with Gasteiger partial charge in [-0.1, -0.05) is 37.3 Å². The molecular weight excluding hydrogens is 268 g/mol. The number of carbonyl (C=O) groups excluding carboxylic acids is 1. The van der Waals surface area contributed by atoms with Crippen LogP contribution in [0.25, 0.3) is 0 Å². The molecule has 1 aromatic rings. The Hall–Kier alpha value is -1.88. The zero-order valence-corrected chi connectivity index (χ0v) is 12.6. The van der Waals surface area contributed by atoms with E-state index in [2.05, 4.69) is 10.6 Å². The maximum atomic E-state index is 11.8. The van der Waals surface area contributed by atoms with Gasteiger partial charge in [0.2, 0.25) is 5.91 Å². The highest BCUT2D eigenvalue weighted by atomic mass is 16.4. The Balaban J connectivity index is 2.42. The van der Waals surface area contributed by atoms with Crippen LogP contribution in [0.1, 0.15) is 32.3 Å². The number of hydrogen-bond donors (Lipinski definition) is 3. The molecule has 0 radical (unpaired) electrons. The lowest BCUT2D eigenvalue weighted by Crippen LogP contribution is -2.46. The van der Waals surface area contributed by atoms with Crippen molar-refractivity contribution in [3.05, 3.63) is 35.9 Å². The first kappa shape index (κ1) is 17.2. The molecule has 0 aliphatic rings. The number of aryl methyl sites for hydroxylation is 1. The van der Waals surface area contributed by atoms with Crippen LogP contribution in [0.15, 0.2) is 30.3 Å². The number of rotatable bonds is 9. The van der Waals surface area contributed by atoms with Gasteiger partial charge in [0.25, 0.3) is 0 Å². The predicted molar refractivity (Wildman–Crippen MR) is 82.1 cm³/mol. The van der Waals surface area contributed by atoms with Gasteiger partial charge in [0.1, 0.15) is 6.04 Å². The van der Waals surface area contributed by atoms with Crippen LogP contribution in [0.3, 0.4) is 0 Å². The molecule has 2 atom stereocenters. The van der Waals surface area contributed by atoms with E-state index in [1.165, 1.54) is 0 Å². The van der Waals surface area contributed by atoms with Crippen molar-refractivity contribution in [2.24, 2.45) is 0 Å². The summed E-state index contributed by atoms with van der Waals surface area (Å²) in [7, 11) is 0. The number of carboxylic acids is 1. The lowest BCUT2D eigenvalue weighted by molar-refractivity contribution is -0.141. The van der Waals surface area contributed by atoms with Crippen molar-refractivity contribution in [2.75, 3.05) is 6.54 Å². The molecular formula is C16H24N2O3. The summed E-state index contributed by atoms with van der Waals surface area (Å²) in [4.78, 5) is 23.0. The number of amides is 1. The third kappa shape index (κ3) is 6.90. The fourth-order valence-corrected chi connectivity index (χ4v) is 1.87. The third-order valence-electron chi connectivity index (χ3n) is 3.42. The standard InChI is InChI=1S/C16H24N2O3/c1-3-12(2)17-11-15(19)18-14(16(20)21)10-9-13-7-5-4-6-8-13/h4-8,12,14,17H,3,9-11H2,1-2H3,(H,18,19)(H,20,21). The molecule has 2 unspecified atom stereocenters. The second-order valence-electron chi connectivity index (χ2n) is 5.17. The molecule has 116 valence electrons. The maximum absolute atomic E-state index is 11.8. The van der Waals surface area contributed by atoms with Gasteiger partial charge in [0.15, 0.2) is 0 Å². The normalized spacial score (nSPS) is 13.4. The van der Waals surface area contributed by atoms with E-state index in [1.807, 2.05) is 44.2 Å². The molecule has 0 saturated heterocycles. The number of hydrogen-bond acceptors (Lipinski definition) is 3. The summed E-state index contributed by atoms with van der Waals surface area (Å²) in [6.07, 6.45) is 1.93. The molecule has 1 rings (SSSR count). The van der Waals surface area contributed by atoms with Crippen molar-refractivity contribution in [3.8, 4) is 0 Å². The van der Waals surface area contributed by atoms with E-state index in [0.717, 1.165) is 12.0 Å². The number of nitrogens with one attached hydrogen (secondary N) is 2. The zero-order chi connectivity index (χ0) is 15.7. The van der Waals surface area contributed by atoms with Crippen molar-refractivity contribution in [3.63, 3.8) is 0 Å². The molecule has 5 heteroatoms. The summed E-state index contributed by atoms with van der Waals surface area (Å²) in [6, 6.07) is 9.04. The largest absolute Gasteiger partial charge is 0.480 e. The van der Waals surface area contributed by atoms with Gasteiger partial charge in [0.05, 0.1) is 6.54 Å². The Morgan fingerprint density at radius 3 is 2.48 bits per heavy atom. The molecule has 0 heterocycles. The molecule has 3 N–H and O–H groups in total. The van der Waals surface area contributed by atoms with E-state index in [9.17, 15) is 14.7 Å². The summed E-state index contributed by atoms with van der Waals surface area (Å²) >= 11 is 0. The predicted octanol–water partition coefficient (Wildman–Crippen LogP) is 1.58. The molecule has 0 spiro atoms. The van der Waals surface area contributed by atoms with Gasteiger partial charge in [-0.15, -0.1) is 0 Å². The Bertz CT molecular complexity index is 448. The van der Waals surface area contributed by atoms with E-state index in [-0.39, 0.29) is 18.5 Å². The monoisotopic (exact) mass is 292 g/mol. The lowest BCUT2D eigenvalue weighted by atomic mass is 10.1. The number of carbonyl (C=O) groups is 2. The van der Waals surface area contributed by atoms with Crippen molar-refractivity contribution >= 4 is 11.9 Å². The van der Waals surface area contributed by atoms with Crippen molar-refractivity contribution in [1.29, 1.82) is 0 Å². The molecule has 0 saturated carbocycles. The highest BCUT2D eigenvalue weighted by molar-refractivity contribution is 5.84. The Morgan fingerprint density at radius 2 is 1.90 bits per heavy atom. The number of carboxylic acid groups (broad SMARTS) is 1. The van der Waals surface area contributed by atoms with Crippen LogP contribution in [0.2, 0.25) is 0 Å². The Labute approximate surface area is 125 Å². The Kier molecular flexibility index (Phi) is 7.46. The van der Waals surface area contributed by atoms with Crippen LogP contribution in [0.4, 0.5) is 0 Å². The van der Waals surface area contributed by atoms with E-state index in [4.69, 9.17) is 0 Å². The summed E-state index contributed by atoms with van der Waals surface area (Å²) in [5.74, 6) is -1.28. The van der Waals surface area contributed by atoms with Crippen molar-refractivity contribution in [2.45, 2.75) is 45.2 Å². The van der Waals surface area contributed by atoms with Crippen LogP contribution >= 0.6 is 0 Å². The average Bonchev–Trinajstić information content (AvgIpc) is 2.49. The average molecular weight is 292 g/mol. The maximum Gasteiger partial charge on any atom is 0.326 e. The van der Waals surface area contributed by atoms with Crippen LogP contribution in [-0.4, -0.2) is 35.6 Å². The fourth-order valence-electron chi connectivity index (χ4n) is 1.87. The summed E-state index contributed by atoms with van der Waals surface area (Å²) in [5.41, 5.74) is 1.07. The molecule has 1 amide bonds. The van der Waals surface area contributed by atoms with E-state index in [1.54, 1.807) is 0 Å². The molecule has 5 nitrogen and oxygen atoms in total. The molecule has 0 aliphatic carbocycles. The fraction of sp³-hybridized carbons (Fsp3) is 0.500. The summed E-state index contributed by atoms with van der Waals surface area (Å²) < 4.78 is 0. The first-order chi connectivity index (χ1) is 10.0. The van der Waals surface area contributed by atoms with Gasteiger partial charge in [0, 0.05) is 6.04 Å². The number of aliphatic carboxylic acids is 1. The van der Waals surface area contributed by atoms with Crippen LogP contribution in [0.5, 0.6) is 0 Å². The van der Waals surface area contributed by atoms with E-state index in [0.29, 0.717) is 12.8 Å². The van der Waals surface area contributed by atoms with Gasteiger partial charge >= 0.3 is 5.97 Å². The minimum absolute atomic E-state index is 0.143. The van der Waals surface area contributed by atoms with Gasteiger partial charge in [-0.05, 0) is 31.7 Å². The van der Waals surface area contributed by atoms with Crippen LogP contribution in [-0.2, 0) is 16.0 Å². The SMILES string of the molecule is CCC(C)NCC(=O)NC(CCc1ccccc1)C(=O)O. The molecule has 0 bridgehead atoms. The van der Waals surface area contributed by atoms with E-state index < -0.39 is 12.0 Å². The summed E-state index contributed by atoms with van der Waals surface area (Å²) in [5, 5.41) is 14.8. The first-order valence-corrected chi connectivity index (χ1v) is 7.32. The molecule has 0 fully saturated rings. The molecule has 0 aliphatic heterocycles. The second-order valence-corrected chi connectivity index (χ2v) is 5.17. The van der Waals surface area contributed by atoms with Crippen molar-refractivity contribution < 1.29 is 14.7 Å². The Morgan fingerprint density at radius 1 is 1.24 bits per heavy atom. The highest BCUT2D eigenvalue weighted by Crippen LogP contribution is 2.05. The molecule has 0 aromatic heterocycles. The second kappa shape index (κ2) is 9.13. The van der Waals surface area contributed by atoms with Gasteiger partial charge in [-0.25, -0.2) is 4.79 Å². The van der Waals surface area contributed by atoms with Crippen LogP contribution < -0.4 is 10.6 Å². The van der Waals surface area contributed by atoms with Gasteiger partial charge in [-0.3, -0.25) is 4.79 Å².